The van der Waals surface area contributed by atoms with Gasteiger partial charge in [-0.25, -0.2) is 0 Å². The predicted molar refractivity (Wildman–Crippen MR) is 37.0 cm³/mol. The van der Waals surface area contributed by atoms with Crippen LogP contribution in [0.2, 0.25) is 0 Å². The lowest BCUT2D eigenvalue weighted by atomic mass is 9.96. The molecule has 2 heteroatoms. The third-order valence-corrected chi connectivity index (χ3v) is 1.70. The van der Waals surface area contributed by atoms with Crippen LogP contribution in [-0.4, -0.2) is 17.8 Å². The first-order valence-corrected chi connectivity index (χ1v) is 3.37. The van der Waals surface area contributed by atoms with E-state index in [-0.39, 0.29) is 12.6 Å². The van der Waals surface area contributed by atoms with Crippen molar-refractivity contribution in [2.24, 2.45) is 5.73 Å². The highest BCUT2D eigenvalue weighted by molar-refractivity contribution is 5.07. The highest BCUT2D eigenvalue weighted by Crippen LogP contribution is 2.15. The third-order valence-electron chi connectivity index (χ3n) is 1.70. The average molecular weight is 127 g/mol. The minimum Gasteiger partial charge on any atom is -0.392 e. The number of aliphatic hydroxyl groups excluding tert-OH is 1. The van der Waals surface area contributed by atoms with Crippen molar-refractivity contribution in [3.05, 3.63) is 11.6 Å². The Morgan fingerprint density at radius 2 is 2.56 bits per heavy atom. The Morgan fingerprint density at radius 3 is 3.00 bits per heavy atom. The van der Waals surface area contributed by atoms with Gasteiger partial charge in [-0.1, -0.05) is 6.08 Å². The van der Waals surface area contributed by atoms with E-state index in [1.54, 1.807) is 0 Å². The number of hydrogen-bond donors (Lipinski definition) is 2. The molecule has 0 aromatic rings. The highest BCUT2D eigenvalue weighted by Gasteiger charge is 2.09. The van der Waals surface area contributed by atoms with Gasteiger partial charge < -0.3 is 10.8 Å². The first-order chi connectivity index (χ1) is 4.33. The number of hydrogen-bond acceptors (Lipinski definition) is 2. The van der Waals surface area contributed by atoms with Crippen LogP contribution in [0.25, 0.3) is 0 Å². The zero-order chi connectivity index (χ0) is 6.69. The van der Waals surface area contributed by atoms with Crippen LogP contribution in [0, 0.1) is 0 Å². The van der Waals surface area contributed by atoms with Crippen LogP contribution in [0.1, 0.15) is 19.3 Å². The van der Waals surface area contributed by atoms with Gasteiger partial charge in [0.15, 0.2) is 0 Å². The van der Waals surface area contributed by atoms with Crippen molar-refractivity contribution < 1.29 is 5.11 Å². The van der Waals surface area contributed by atoms with Gasteiger partial charge in [-0.05, 0) is 24.8 Å². The quantitative estimate of drug-likeness (QED) is 0.501. The molecule has 0 saturated heterocycles. The first kappa shape index (κ1) is 6.78. The molecule has 0 fully saturated rings. The predicted octanol–water partition coefficient (Wildman–Crippen LogP) is 0.416. The van der Waals surface area contributed by atoms with E-state index < -0.39 is 0 Å². The second-order valence-corrected chi connectivity index (χ2v) is 2.56. The average Bonchev–Trinajstić information content (AvgIpc) is 1.88. The summed E-state index contributed by atoms with van der Waals surface area (Å²) < 4.78 is 0. The zero-order valence-electron chi connectivity index (χ0n) is 5.51. The Hall–Kier alpha value is -0.340. The van der Waals surface area contributed by atoms with Crippen LogP contribution >= 0.6 is 0 Å². The van der Waals surface area contributed by atoms with Gasteiger partial charge >= 0.3 is 0 Å². The molecule has 1 atom stereocenters. The Bertz CT molecular complexity index is 120. The fourth-order valence-corrected chi connectivity index (χ4v) is 1.15. The number of allylic oxidation sites excluding steroid dienone is 1. The van der Waals surface area contributed by atoms with E-state index >= 15 is 0 Å². The largest absolute Gasteiger partial charge is 0.392 e. The Balaban J connectivity index is 2.43. The molecule has 0 bridgehead atoms. The fourth-order valence-electron chi connectivity index (χ4n) is 1.15. The Morgan fingerprint density at radius 1 is 1.78 bits per heavy atom. The van der Waals surface area contributed by atoms with E-state index in [2.05, 4.69) is 6.08 Å². The molecule has 1 aliphatic carbocycles. The molecule has 2 nitrogen and oxygen atoms in total. The fraction of sp³-hybridized carbons (Fsp3) is 0.714. The lowest BCUT2D eigenvalue weighted by Crippen LogP contribution is -2.23. The molecule has 0 aromatic heterocycles. The molecule has 0 saturated carbocycles. The van der Waals surface area contributed by atoms with Crippen LogP contribution in [-0.2, 0) is 0 Å². The van der Waals surface area contributed by atoms with Crippen LogP contribution in [0.4, 0.5) is 0 Å². The van der Waals surface area contributed by atoms with Gasteiger partial charge in [-0.2, -0.15) is 0 Å². The normalized spacial score (nSPS) is 27.8. The number of nitrogens with two attached hydrogens (primary N) is 1. The van der Waals surface area contributed by atoms with E-state index in [1.165, 1.54) is 0 Å². The molecule has 0 aliphatic heterocycles. The lowest BCUT2D eigenvalue weighted by molar-refractivity contribution is 0.319. The molecule has 0 radical (unpaired) electrons. The zero-order valence-corrected chi connectivity index (χ0v) is 5.51. The third kappa shape index (κ3) is 1.80. The first-order valence-electron chi connectivity index (χ1n) is 3.37. The van der Waals surface area contributed by atoms with Crippen molar-refractivity contribution in [1.82, 2.24) is 0 Å². The maximum Gasteiger partial charge on any atom is 0.0642 e. The summed E-state index contributed by atoms with van der Waals surface area (Å²) in [4.78, 5) is 0. The molecule has 1 aliphatic rings. The summed E-state index contributed by atoms with van der Waals surface area (Å²) in [6.07, 6.45) is 5.08. The van der Waals surface area contributed by atoms with Gasteiger partial charge in [0.2, 0.25) is 0 Å². The Kier molecular flexibility index (Phi) is 2.25. The second-order valence-electron chi connectivity index (χ2n) is 2.56. The standard InChI is InChI=1S/C7H13NO/c8-7-3-1-2-6(4-7)5-9/h2,7,9H,1,3-5,8H2. The molecule has 52 valence electrons. The molecule has 1 unspecified atom stereocenters. The summed E-state index contributed by atoms with van der Waals surface area (Å²) in [5.74, 6) is 0. The van der Waals surface area contributed by atoms with Gasteiger partial charge in [0.1, 0.15) is 0 Å². The van der Waals surface area contributed by atoms with Crippen LogP contribution in [0.3, 0.4) is 0 Å². The van der Waals surface area contributed by atoms with Crippen molar-refractivity contribution >= 4 is 0 Å². The van der Waals surface area contributed by atoms with Crippen molar-refractivity contribution in [2.75, 3.05) is 6.61 Å². The molecule has 1 rings (SSSR count). The topological polar surface area (TPSA) is 46.2 Å². The van der Waals surface area contributed by atoms with Gasteiger partial charge in [-0.15, -0.1) is 0 Å². The molecular formula is C7H13NO. The van der Waals surface area contributed by atoms with Crippen LogP contribution in [0.15, 0.2) is 11.6 Å². The smallest absolute Gasteiger partial charge is 0.0642 e. The van der Waals surface area contributed by atoms with Crippen LogP contribution < -0.4 is 5.73 Å². The van der Waals surface area contributed by atoms with Gasteiger partial charge in [-0.3, -0.25) is 0 Å². The molecule has 0 aromatic carbocycles. The summed E-state index contributed by atoms with van der Waals surface area (Å²) in [6, 6.07) is 0.289. The summed E-state index contributed by atoms with van der Waals surface area (Å²) >= 11 is 0. The van der Waals surface area contributed by atoms with E-state index in [1.807, 2.05) is 0 Å². The molecule has 0 amide bonds. The summed E-state index contributed by atoms with van der Waals surface area (Å²) in [7, 11) is 0. The van der Waals surface area contributed by atoms with Crippen molar-refractivity contribution in [2.45, 2.75) is 25.3 Å². The van der Waals surface area contributed by atoms with E-state index in [4.69, 9.17) is 10.8 Å². The monoisotopic (exact) mass is 127 g/mol. The van der Waals surface area contributed by atoms with E-state index in [9.17, 15) is 0 Å². The Labute approximate surface area is 55.4 Å². The van der Waals surface area contributed by atoms with Crippen molar-refractivity contribution in [1.29, 1.82) is 0 Å². The van der Waals surface area contributed by atoms with Gasteiger partial charge in [0, 0.05) is 6.04 Å². The van der Waals surface area contributed by atoms with Crippen molar-refractivity contribution in [3.8, 4) is 0 Å². The minimum atomic E-state index is 0.188. The second kappa shape index (κ2) is 2.99. The maximum absolute atomic E-state index is 8.68. The van der Waals surface area contributed by atoms with Gasteiger partial charge in [0.25, 0.3) is 0 Å². The summed E-state index contributed by atoms with van der Waals surface area (Å²) in [5.41, 5.74) is 6.75. The van der Waals surface area contributed by atoms with Crippen molar-refractivity contribution in [3.63, 3.8) is 0 Å². The lowest BCUT2D eigenvalue weighted by Gasteiger charge is -2.16. The summed E-state index contributed by atoms with van der Waals surface area (Å²) in [6.45, 7) is 0.188. The maximum atomic E-state index is 8.68. The molecule has 9 heavy (non-hydrogen) atoms. The SMILES string of the molecule is NC1CCC=C(CO)C1. The van der Waals surface area contributed by atoms with E-state index in [0.29, 0.717) is 0 Å². The minimum absolute atomic E-state index is 0.188. The summed E-state index contributed by atoms with van der Waals surface area (Å²) in [5, 5.41) is 8.68. The highest BCUT2D eigenvalue weighted by atomic mass is 16.3. The van der Waals surface area contributed by atoms with Gasteiger partial charge in [0.05, 0.1) is 6.61 Å². The number of aliphatic hydroxyl groups is 1. The molecule has 0 heterocycles. The van der Waals surface area contributed by atoms with E-state index in [0.717, 1.165) is 24.8 Å². The van der Waals surface area contributed by atoms with Crippen LogP contribution in [0.5, 0.6) is 0 Å². The molecule has 3 N–H and O–H groups in total. The molecular weight excluding hydrogens is 114 g/mol. The number of rotatable bonds is 1. The molecule has 0 spiro atoms.